The summed E-state index contributed by atoms with van der Waals surface area (Å²) in [7, 11) is 1.70. The summed E-state index contributed by atoms with van der Waals surface area (Å²) in [6.07, 6.45) is -0.321. The van der Waals surface area contributed by atoms with Gasteiger partial charge in [0.15, 0.2) is 0 Å². The van der Waals surface area contributed by atoms with Gasteiger partial charge < -0.3 is 4.57 Å². The molecule has 0 bridgehead atoms. The van der Waals surface area contributed by atoms with Crippen molar-refractivity contribution in [2.24, 2.45) is 7.05 Å². The minimum absolute atomic E-state index is 0.172. The second-order valence-electron chi connectivity index (χ2n) is 4.39. The first-order valence-electron chi connectivity index (χ1n) is 6.26. The lowest BCUT2D eigenvalue weighted by atomic mass is 10.1. The highest BCUT2D eigenvalue weighted by Gasteiger charge is 2.35. The number of aromatic nitrogens is 2. The quantitative estimate of drug-likeness (QED) is 0.767. The smallest absolute Gasteiger partial charge is 0.334 e. The van der Waals surface area contributed by atoms with E-state index in [9.17, 15) is 13.2 Å². The van der Waals surface area contributed by atoms with Gasteiger partial charge in [-0.15, -0.1) is 11.8 Å². The lowest BCUT2D eigenvalue weighted by molar-refractivity contribution is -0.137. The number of alkyl halides is 3. The molecule has 108 valence electrons. The van der Waals surface area contributed by atoms with Gasteiger partial charge in [-0.25, -0.2) is 4.98 Å². The van der Waals surface area contributed by atoms with E-state index in [1.807, 2.05) is 6.92 Å². The van der Waals surface area contributed by atoms with E-state index in [1.165, 1.54) is 24.0 Å². The van der Waals surface area contributed by atoms with Crippen LogP contribution in [0.25, 0.3) is 11.4 Å². The Kier molecular flexibility index (Phi) is 4.42. The van der Waals surface area contributed by atoms with Crippen molar-refractivity contribution in [3.05, 3.63) is 36.2 Å². The molecule has 1 aromatic carbocycles. The molecule has 0 radical (unpaired) electrons. The van der Waals surface area contributed by atoms with E-state index in [4.69, 9.17) is 0 Å². The van der Waals surface area contributed by atoms with Crippen LogP contribution in [0.15, 0.2) is 35.5 Å². The molecule has 0 saturated carbocycles. The Bertz CT molecular complexity index is 590. The van der Waals surface area contributed by atoms with Crippen LogP contribution in [0.4, 0.5) is 13.2 Å². The molecule has 0 spiro atoms. The van der Waals surface area contributed by atoms with Gasteiger partial charge in [0.25, 0.3) is 0 Å². The van der Waals surface area contributed by atoms with E-state index in [0.29, 0.717) is 10.7 Å². The number of benzene rings is 1. The van der Waals surface area contributed by atoms with Crippen molar-refractivity contribution in [1.29, 1.82) is 0 Å². The lowest BCUT2D eigenvalue weighted by Crippen LogP contribution is -2.09. The molecule has 0 atom stereocenters. The molecule has 1 heterocycles. The maximum Gasteiger partial charge on any atom is 0.417 e. The molecular formula is C14H15F3N2S. The third-order valence-electron chi connectivity index (χ3n) is 2.84. The molecule has 0 aliphatic carbocycles. The van der Waals surface area contributed by atoms with Crippen LogP contribution in [0.3, 0.4) is 0 Å². The third-order valence-corrected chi connectivity index (χ3v) is 4.10. The van der Waals surface area contributed by atoms with E-state index in [-0.39, 0.29) is 5.56 Å². The molecule has 0 aliphatic rings. The van der Waals surface area contributed by atoms with E-state index < -0.39 is 11.7 Å². The number of rotatable bonds is 4. The SMILES string of the molecule is CCCSc1cccc(C(F)(F)F)c1-c1nccn1C. The van der Waals surface area contributed by atoms with Gasteiger partial charge in [-0.05, 0) is 24.3 Å². The topological polar surface area (TPSA) is 17.8 Å². The normalized spacial score (nSPS) is 11.8. The summed E-state index contributed by atoms with van der Waals surface area (Å²) in [5.41, 5.74) is -0.459. The van der Waals surface area contributed by atoms with E-state index >= 15 is 0 Å². The van der Waals surface area contributed by atoms with Gasteiger partial charge in [-0.3, -0.25) is 0 Å². The van der Waals surface area contributed by atoms with Crippen LogP contribution in [0.5, 0.6) is 0 Å². The second kappa shape index (κ2) is 5.91. The molecule has 2 aromatic rings. The largest absolute Gasteiger partial charge is 0.417 e. The fourth-order valence-corrected chi connectivity index (χ4v) is 2.88. The molecule has 2 rings (SSSR count). The van der Waals surface area contributed by atoms with Crippen LogP contribution in [-0.2, 0) is 13.2 Å². The van der Waals surface area contributed by atoms with Gasteiger partial charge in [0.05, 0.1) is 5.56 Å². The fourth-order valence-electron chi connectivity index (χ4n) is 1.94. The van der Waals surface area contributed by atoms with Crippen LogP contribution >= 0.6 is 11.8 Å². The molecule has 0 aliphatic heterocycles. The molecule has 0 amide bonds. The maximum atomic E-state index is 13.2. The molecule has 0 fully saturated rings. The highest BCUT2D eigenvalue weighted by Crippen LogP contribution is 2.41. The standard InChI is InChI=1S/C14H15F3N2S/c1-3-9-20-11-6-4-5-10(14(15,16)17)12(11)13-18-7-8-19(13)2/h4-8H,3,9H2,1-2H3. The molecule has 0 saturated heterocycles. The first-order valence-corrected chi connectivity index (χ1v) is 7.24. The summed E-state index contributed by atoms with van der Waals surface area (Å²) >= 11 is 1.43. The van der Waals surface area contributed by atoms with Crippen LogP contribution in [0.2, 0.25) is 0 Å². The second-order valence-corrected chi connectivity index (χ2v) is 5.52. The number of halogens is 3. The monoisotopic (exact) mass is 300 g/mol. The van der Waals surface area contributed by atoms with Crippen molar-refractivity contribution < 1.29 is 13.2 Å². The zero-order chi connectivity index (χ0) is 14.8. The van der Waals surface area contributed by atoms with Crippen molar-refractivity contribution in [2.75, 3.05) is 5.75 Å². The van der Waals surface area contributed by atoms with Crippen molar-refractivity contribution in [1.82, 2.24) is 9.55 Å². The zero-order valence-corrected chi connectivity index (χ0v) is 12.1. The molecular weight excluding hydrogens is 285 g/mol. The highest BCUT2D eigenvalue weighted by molar-refractivity contribution is 7.99. The van der Waals surface area contributed by atoms with Crippen molar-refractivity contribution in [2.45, 2.75) is 24.4 Å². The number of nitrogens with zero attached hydrogens (tertiary/aromatic N) is 2. The Balaban J connectivity index is 2.62. The Morgan fingerprint density at radius 2 is 2.05 bits per heavy atom. The number of aryl methyl sites for hydroxylation is 1. The summed E-state index contributed by atoms with van der Waals surface area (Å²) < 4.78 is 41.3. The van der Waals surface area contributed by atoms with Gasteiger partial charge in [-0.2, -0.15) is 13.2 Å². The zero-order valence-electron chi connectivity index (χ0n) is 11.2. The number of hydrogen-bond acceptors (Lipinski definition) is 2. The molecule has 2 nitrogen and oxygen atoms in total. The Labute approximate surface area is 120 Å². The van der Waals surface area contributed by atoms with Crippen LogP contribution in [-0.4, -0.2) is 15.3 Å². The molecule has 0 N–H and O–H groups in total. The number of thioether (sulfide) groups is 1. The Hall–Kier alpha value is -1.43. The molecule has 20 heavy (non-hydrogen) atoms. The van der Waals surface area contributed by atoms with E-state index in [0.717, 1.165) is 18.2 Å². The van der Waals surface area contributed by atoms with Crippen molar-refractivity contribution >= 4 is 11.8 Å². The summed E-state index contributed by atoms with van der Waals surface area (Å²) in [5.74, 6) is 1.12. The van der Waals surface area contributed by atoms with Crippen LogP contribution in [0.1, 0.15) is 18.9 Å². The van der Waals surface area contributed by atoms with Gasteiger partial charge in [0, 0.05) is 29.9 Å². The van der Waals surface area contributed by atoms with Gasteiger partial charge in [-0.1, -0.05) is 13.0 Å². The lowest BCUT2D eigenvalue weighted by Gasteiger charge is -2.16. The first-order chi connectivity index (χ1) is 9.45. The van der Waals surface area contributed by atoms with E-state index in [1.54, 1.807) is 23.9 Å². The predicted molar refractivity (Wildman–Crippen MR) is 74.7 cm³/mol. The minimum atomic E-state index is -4.38. The molecule has 0 unspecified atom stereocenters. The summed E-state index contributed by atoms with van der Waals surface area (Å²) in [4.78, 5) is 4.70. The average molecular weight is 300 g/mol. The number of hydrogen-bond donors (Lipinski definition) is 0. The summed E-state index contributed by atoms with van der Waals surface area (Å²) in [6, 6.07) is 4.28. The minimum Gasteiger partial charge on any atom is -0.334 e. The van der Waals surface area contributed by atoms with Gasteiger partial charge in [0.2, 0.25) is 0 Å². The van der Waals surface area contributed by atoms with E-state index in [2.05, 4.69) is 4.98 Å². The summed E-state index contributed by atoms with van der Waals surface area (Å²) in [6.45, 7) is 2.00. The Morgan fingerprint density at radius 3 is 2.60 bits per heavy atom. The maximum absolute atomic E-state index is 13.2. The third kappa shape index (κ3) is 3.00. The average Bonchev–Trinajstić information content (AvgIpc) is 2.81. The molecule has 6 heteroatoms. The highest BCUT2D eigenvalue weighted by atomic mass is 32.2. The Morgan fingerprint density at radius 1 is 1.30 bits per heavy atom. The van der Waals surface area contributed by atoms with Gasteiger partial charge >= 0.3 is 6.18 Å². The van der Waals surface area contributed by atoms with Crippen molar-refractivity contribution in [3.8, 4) is 11.4 Å². The number of imidazole rings is 1. The fraction of sp³-hybridized carbons (Fsp3) is 0.357. The molecule has 1 aromatic heterocycles. The predicted octanol–water partition coefficient (Wildman–Crippen LogP) is 4.61. The van der Waals surface area contributed by atoms with Gasteiger partial charge in [0.1, 0.15) is 5.82 Å². The van der Waals surface area contributed by atoms with Crippen LogP contribution < -0.4 is 0 Å². The first kappa shape index (κ1) is 15.0. The summed E-state index contributed by atoms with van der Waals surface area (Å²) in [5, 5.41) is 0. The van der Waals surface area contributed by atoms with Crippen LogP contribution in [0, 0.1) is 0 Å². The van der Waals surface area contributed by atoms with Crippen molar-refractivity contribution in [3.63, 3.8) is 0 Å².